The molecule has 3 rings (SSSR count). The number of nitrogens with zero attached hydrogens (tertiary/aromatic N) is 2. The fraction of sp³-hybridized carbons (Fsp3) is 0.333. The molecule has 0 unspecified atom stereocenters. The van der Waals surface area contributed by atoms with Crippen molar-refractivity contribution in [3.8, 4) is 17.0 Å². The van der Waals surface area contributed by atoms with E-state index in [0.717, 1.165) is 38.1 Å². The van der Waals surface area contributed by atoms with Gasteiger partial charge in [0.1, 0.15) is 11.6 Å². The van der Waals surface area contributed by atoms with Crippen molar-refractivity contribution in [3.63, 3.8) is 0 Å². The van der Waals surface area contributed by atoms with Gasteiger partial charge in [-0.3, -0.25) is 9.36 Å². The highest BCUT2D eigenvalue weighted by Crippen LogP contribution is 2.26. The Morgan fingerprint density at radius 3 is 2.84 bits per heavy atom. The number of phenols is 1. The quantitative estimate of drug-likeness (QED) is 0.852. The van der Waals surface area contributed by atoms with Crippen LogP contribution in [0.25, 0.3) is 11.3 Å². The van der Waals surface area contributed by atoms with Crippen LogP contribution in [0.3, 0.4) is 0 Å². The molecule has 0 aliphatic carbocycles. The zero-order chi connectivity index (χ0) is 13.2. The maximum Gasteiger partial charge on any atom is 0.254 e. The van der Waals surface area contributed by atoms with Crippen molar-refractivity contribution in [2.45, 2.75) is 32.2 Å². The Morgan fingerprint density at radius 2 is 2.00 bits per heavy atom. The van der Waals surface area contributed by atoms with Gasteiger partial charge in [0.15, 0.2) is 0 Å². The van der Waals surface area contributed by atoms with E-state index >= 15 is 0 Å². The van der Waals surface area contributed by atoms with Gasteiger partial charge in [0.2, 0.25) is 0 Å². The molecule has 0 saturated carbocycles. The molecule has 0 bridgehead atoms. The molecule has 19 heavy (non-hydrogen) atoms. The summed E-state index contributed by atoms with van der Waals surface area (Å²) >= 11 is 0. The number of aromatic hydroxyl groups is 1. The first kappa shape index (κ1) is 12.0. The van der Waals surface area contributed by atoms with E-state index in [1.54, 1.807) is 22.8 Å². The van der Waals surface area contributed by atoms with Crippen molar-refractivity contribution in [2.24, 2.45) is 0 Å². The van der Waals surface area contributed by atoms with Gasteiger partial charge in [0.25, 0.3) is 5.56 Å². The summed E-state index contributed by atoms with van der Waals surface area (Å²) in [6, 6.07) is 8.50. The fourth-order valence-electron chi connectivity index (χ4n) is 2.54. The Kier molecular flexibility index (Phi) is 3.07. The van der Waals surface area contributed by atoms with Crippen LogP contribution in [-0.4, -0.2) is 14.7 Å². The third-order valence-corrected chi connectivity index (χ3v) is 3.55. The number of para-hydroxylation sites is 1. The van der Waals surface area contributed by atoms with E-state index in [-0.39, 0.29) is 11.3 Å². The van der Waals surface area contributed by atoms with Crippen LogP contribution in [0.1, 0.15) is 25.1 Å². The van der Waals surface area contributed by atoms with Crippen molar-refractivity contribution in [2.75, 3.05) is 0 Å². The van der Waals surface area contributed by atoms with E-state index in [2.05, 4.69) is 4.98 Å². The van der Waals surface area contributed by atoms with E-state index in [1.165, 1.54) is 6.07 Å². The summed E-state index contributed by atoms with van der Waals surface area (Å²) in [5, 5.41) is 9.87. The highest BCUT2D eigenvalue weighted by Gasteiger charge is 2.14. The van der Waals surface area contributed by atoms with Gasteiger partial charge in [-0.2, -0.15) is 0 Å². The molecule has 1 aromatic heterocycles. The zero-order valence-corrected chi connectivity index (χ0v) is 10.7. The smallest absolute Gasteiger partial charge is 0.254 e. The summed E-state index contributed by atoms with van der Waals surface area (Å²) < 4.78 is 1.76. The van der Waals surface area contributed by atoms with Gasteiger partial charge in [-0.05, 0) is 25.0 Å². The number of benzene rings is 1. The predicted octanol–water partition coefficient (Wildman–Crippen LogP) is 2.34. The molecule has 1 N–H and O–H groups in total. The molecule has 0 radical (unpaired) electrons. The second kappa shape index (κ2) is 4.88. The van der Waals surface area contributed by atoms with E-state index < -0.39 is 0 Å². The average Bonchev–Trinajstić information content (AvgIpc) is 2.65. The lowest BCUT2D eigenvalue weighted by atomic mass is 10.1. The maximum atomic E-state index is 12.2. The molecule has 98 valence electrons. The first-order valence-electron chi connectivity index (χ1n) is 6.65. The van der Waals surface area contributed by atoms with Crippen LogP contribution in [0.15, 0.2) is 35.1 Å². The topological polar surface area (TPSA) is 55.1 Å². The summed E-state index contributed by atoms with van der Waals surface area (Å²) in [6.45, 7) is 0.752. The number of fused-ring (bicyclic) bond motifs is 1. The highest BCUT2D eigenvalue weighted by atomic mass is 16.3. The Bertz CT molecular complexity index is 661. The van der Waals surface area contributed by atoms with E-state index in [9.17, 15) is 9.90 Å². The van der Waals surface area contributed by atoms with Crippen LogP contribution in [0.4, 0.5) is 0 Å². The molecule has 4 nitrogen and oxygen atoms in total. The number of hydrogen-bond donors (Lipinski definition) is 1. The summed E-state index contributed by atoms with van der Waals surface area (Å²) in [7, 11) is 0. The molecule has 1 aliphatic rings. The van der Waals surface area contributed by atoms with Crippen LogP contribution in [0.5, 0.6) is 5.75 Å². The number of aromatic nitrogens is 2. The number of hydrogen-bond acceptors (Lipinski definition) is 3. The standard InChI is InChI=1S/C15H16N2O2/c18-13-7-4-3-6-11(13)12-10-15(19)17-9-5-1-2-8-14(17)16-12/h3-4,6-7,10,18H,1-2,5,8-9H2. The van der Waals surface area contributed by atoms with E-state index in [1.807, 2.05) is 6.07 Å². The first-order chi connectivity index (χ1) is 9.25. The lowest BCUT2D eigenvalue weighted by Crippen LogP contribution is -2.23. The SMILES string of the molecule is O=c1cc(-c2ccccc2O)nc2n1CCCCC2. The maximum absolute atomic E-state index is 12.2. The fourth-order valence-corrected chi connectivity index (χ4v) is 2.54. The van der Waals surface area contributed by atoms with Gasteiger partial charge in [-0.15, -0.1) is 0 Å². The van der Waals surface area contributed by atoms with Crippen LogP contribution in [0.2, 0.25) is 0 Å². The van der Waals surface area contributed by atoms with Crippen molar-refractivity contribution in [1.29, 1.82) is 0 Å². The minimum atomic E-state index is -0.0230. The summed E-state index contributed by atoms with van der Waals surface area (Å²) in [5.41, 5.74) is 1.16. The minimum absolute atomic E-state index is 0.0230. The Morgan fingerprint density at radius 1 is 1.16 bits per heavy atom. The molecule has 1 aromatic carbocycles. The first-order valence-corrected chi connectivity index (χ1v) is 6.65. The van der Waals surface area contributed by atoms with Crippen LogP contribution in [-0.2, 0) is 13.0 Å². The molecule has 4 heteroatoms. The summed E-state index contributed by atoms with van der Waals surface area (Å²) in [6.07, 6.45) is 4.06. The van der Waals surface area contributed by atoms with Gasteiger partial charge in [-0.1, -0.05) is 18.6 Å². The molecule has 1 aliphatic heterocycles. The molecular weight excluding hydrogens is 240 g/mol. The van der Waals surface area contributed by atoms with Crippen LogP contribution < -0.4 is 5.56 Å². The lowest BCUT2D eigenvalue weighted by Gasteiger charge is -2.10. The largest absolute Gasteiger partial charge is 0.507 e. The molecule has 0 atom stereocenters. The summed E-state index contributed by atoms with van der Waals surface area (Å²) in [4.78, 5) is 16.7. The van der Waals surface area contributed by atoms with Crippen molar-refractivity contribution in [1.82, 2.24) is 9.55 Å². The zero-order valence-electron chi connectivity index (χ0n) is 10.7. The second-order valence-electron chi connectivity index (χ2n) is 4.88. The highest BCUT2D eigenvalue weighted by molar-refractivity contribution is 5.66. The Hall–Kier alpha value is -2.10. The van der Waals surface area contributed by atoms with Crippen LogP contribution >= 0.6 is 0 Å². The molecule has 0 spiro atoms. The second-order valence-corrected chi connectivity index (χ2v) is 4.88. The average molecular weight is 256 g/mol. The predicted molar refractivity (Wildman–Crippen MR) is 73.2 cm³/mol. The van der Waals surface area contributed by atoms with E-state index in [4.69, 9.17) is 0 Å². The lowest BCUT2D eigenvalue weighted by molar-refractivity contribution is 0.477. The number of phenolic OH excluding ortho intramolecular Hbond substituents is 1. The third-order valence-electron chi connectivity index (χ3n) is 3.55. The molecule has 2 aromatic rings. The van der Waals surface area contributed by atoms with Crippen molar-refractivity contribution >= 4 is 0 Å². The summed E-state index contributed by atoms with van der Waals surface area (Å²) in [5.74, 6) is 0.997. The Balaban J connectivity index is 2.15. The van der Waals surface area contributed by atoms with Crippen molar-refractivity contribution < 1.29 is 5.11 Å². The molecule has 0 fully saturated rings. The Labute approximate surface area is 111 Å². The number of rotatable bonds is 1. The molecule has 2 heterocycles. The van der Waals surface area contributed by atoms with Crippen molar-refractivity contribution in [3.05, 3.63) is 46.5 Å². The molecular formula is C15H16N2O2. The van der Waals surface area contributed by atoms with Gasteiger partial charge >= 0.3 is 0 Å². The van der Waals surface area contributed by atoms with Gasteiger partial charge in [0, 0.05) is 24.6 Å². The molecule has 0 amide bonds. The normalized spacial score (nSPS) is 14.7. The van der Waals surface area contributed by atoms with E-state index in [0.29, 0.717) is 11.3 Å². The van der Waals surface area contributed by atoms with Gasteiger partial charge in [-0.25, -0.2) is 4.98 Å². The monoisotopic (exact) mass is 256 g/mol. The molecule has 0 saturated heterocycles. The minimum Gasteiger partial charge on any atom is -0.507 e. The van der Waals surface area contributed by atoms with Crippen LogP contribution in [0, 0.1) is 0 Å². The third kappa shape index (κ3) is 2.26. The van der Waals surface area contributed by atoms with Gasteiger partial charge < -0.3 is 5.11 Å². The number of aryl methyl sites for hydroxylation is 1. The van der Waals surface area contributed by atoms with Gasteiger partial charge in [0.05, 0.1) is 5.69 Å².